The minimum atomic E-state index is -0.927. The van der Waals surface area contributed by atoms with E-state index in [1.807, 2.05) is 11.8 Å². The standard InChI is InChI=1S/C20H22ClN5O3/c1-11-5-6-12(21)9-14(11)22-18(28)13-10-15(27)23-17-16(13)19(29)25-20(24-17)26-7-3-2-4-8-26/h5-6,9,13H,2-4,7-8,10H2,1H3,(H,22,28)(H2,23,24,25,27,29)/t13-/m1/s1. The number of hydrogen-bond acceptors (Lipinski definition) is 5. The fourth-order valence-electron chi connectivity index (χ4n) is 3.79. The number of nitrogens with one attached hydrogen (secondary N) is 3. The molecule has 1 fully saturated rings. The molecule has 0 saturated carbocycles. The predicted octanol–water partition coefficient (Wildman–Crippen LogP) is 2.79. The number of aryl methyl sites for hydroxylation is 1. The summed E-state index contributed by atoms with van der Waals surface area (Å²) >= 11 is 6.02. The van der Waals surface area contributed by atoms with E-state index in [4.69, 9.17) is 11.6 Å². The Bertz CT molecular complexity index is 1030. The molecule has 2 amide bonds. The molecule has 1 atom stereocenters. The van der Waals surface area contributed by atoms with Crippen LogP contribution >= 0.6 is 11.6 Å². The molecule has 0 bridgehead atoms. The summed E-state index contributed by atoms with van der Waals surface area (Å²) in [6.07, 6.45) is 3.08. The summed E-state index contributed by atoms with van der Waals surface area (Å²) in [5.41, 5.74) is 1.15. The van der Waals surface area contributed by atoms with Crippen molar-refractivity contribution in [2.45, 2.75) is 38.5 Å². The Kier molecular flexibility index (Phi) is 5.27. The smallest absolute Gasteiger partial charge is 0.258 e. The number of rotatable bonds is 3. The van der Waals surface area contributed by atoms with Crippen LogP contribution in [0.5, 0.6) is 0 Å². The number of piperidine rings is 1. The first-order chi connectivity index (χ1) is 13.9. The predicted molar refractivity (Wildman–Crippen MR) is 112 cm³/mol. The topological polar surface area (TPSA) is 107 Å². The molecule has 2 aliphatic rings. The first-order valence-electron chi connectivity index (χ1n) is 9.68. The molecule has 3 heterocycles. The molecule has 0 radical (unpaired) electrons. The molecule has 4 rings (SSSR count). The average Bonchev–Trinajstić information content (AvgIpc) is 2.70. The number of aromatic nitrogens is 2. The Morgan fingerprint density at radius 2 is 2.00 bits per heavy atom. The van der Waals surface area contributed by atoms with E-state index in [-0.39, 0.29) is 23.7 Å². The largest absolute Gasteiger partial charge is 0.342 e. The molecule has 2 aliphatic heterocycles. The third-order valence-corrected chi connectivity index (χ3v) is 5.60. The molecule has 2 aromatic rings. The lowest BCUT2D eigenvalue weighted by Gasteiger charge is -2.29. The third-order valence-electron chi connectivity index (χ3n) is 5.37. The number of carbonyl (C=O) groups excluding carboxylic acids is 2. The highest BCUT2D eigenvalue weighted by Crippen LogP contribution is 2.31. The van der Waals surface area contributed by atoms with Crippen LogP contribution in [0.25, 0.3) is 0 Å². The highest BCUT2D eigenvalue weighted by molar-refractivity contribution is 6.31. The van der Waals surface area contributed by atoms with E-state index in [0.717, 1.165) is 37.9 Å². The molecular formula is C20H22ClN5O3. The van der Waals surface area contributed by atoms with Gasteiger partial charge in [0.05, 0.1) is 11.5 Å². The molecule has 0 spiro atoms. The van der Waals surface area contributed by atoms with Gasteiger partial charge in [0.15, 0.2) is 0 Å². The second kappa shape index (κ2) is 7.87. The van der Waals surface area contributed by atoms with Crippen molar-refractivity contribution in [3.8, 4) is 0 Å². The molecule has 152 valence electrons. The molecule has 1 aromatic carbocycles. The number of H-pyrrole nitrogens is 1. The molecule has 3 N–H and O–H groups in total. The van der Waals surface area contributed by atoms with Gasteiger partial charge in [0.1, 0.15) is 5.82 Å². The van der Waals surface area contributed by atoms with Gasteiger partial charge < -0.3 is 15.5 Å². The van der Waals surface area contributed by atoms with Gasteiger partial charge in [-0.15, -0.1) is 0 Å². The molecule has 1 saturated heterocycles. The molecule has 29 heavy (non-hydrogen) atoms. The van der Waals surface area contributed by atoms with Gasteiger partial charge >= 0.3 is 0 Å². The maximum atomic E-state index is 13.0. The molecule has 8 nitrogen and oxygen atoms in total. The van der Waals surface area contributed by atoms with Crippen LogP contribution in [0.4, 0.5) is 17.5 Å². The van der Waals surface area contributed by atoms with Gasteiger partial charge in [0, 0.05) is 30.2 Å². The summed E-state index contributed by atoms with van der Waals surface area (Å²) in [5.74, 6) is -1.12. The average molecular weight is 416 g/mol. The monoisotopic (exact) mass is 415 g/mol. The quantitative estimate of drug-likeness (QED) is 0.714. The highest BCUT2D eigenvalue weighted by Gasteiger charge is 2.35. The van der Waals surface area contributed by atoms with Crippen LogP contribution in [-0.2, 0) is 9.59 Å². The molecule has 0 aliphatic carbocycles. The molecule has 9 heteroatoms. The van der Waals surface area contributed by atoms with Crippen LogP contribution in [0.3, 0.4) is 0 Å². The first kappa shape index (κ1) is 19.4. The van der Waals surface area contributed by atoms with Gasteiger partial charge in [-0.1, -0.05) is 17.7 Å². The second-order valence-electron chi connectivity index (χ2n) is 7.45. The van der Waals surface area contributed by atoms with Crippen molar-refractivity contribution in [2.75, 3.05) is 28.6 Å². The number of halogens is 1. The van der Waals surface area contributed by atoms with Crippen LogP contribution < -0.4 is 21.1 Å². The van der Waals surface area contributed by atoms with Crippen molar-refractivity contribution >= 4 is 40.9 Å². The summed E-state index contributed by atoms with van der Waals surface area (Å²) in [4.78, 5) is 47.3. The van der Waals surface area contributed by atoms with Crippen molar-refractivity contribution in [3.63, 3.8) is 0 Å². The summed E-state index contributed by atoms with van der Waals surface area (Å²) in [7, 11) is 0. The van der Waals surface area contributed by atoms with Crippen LogP contribution in [0.2, 0.25) is 5.02 Å². The minimum absolute atomic E-state index is 0.119. The van der Waals surface area contributed by atoms with Gasteiger partial charge in [-0.05, 0) is 43.9 Å². The zero-order valence-electron chi connectivity index (χ0n) is 16.0. The lowest BCUT2D eigenvalue weighted by atomic mass is 9.92. The normalized spacial score (nSPS) is 18.8. The SMILES string of the molecule is Cc1ccc(Cl)cc1NC(=O)[C@@H]1CC(=O)Nc2nc(N3CCCCC3)[nH]c(=O)c21. The summed E-state index contributed by atoms with van der Waals surface area (Å²) in [6, 6.07) is 5.16. The zero-order chi connectivity index (χ0) is 20.5. The zero-order valence-corrected chi connectivity index (χ0v) is 16.8. The maximum Gasteiger partial charge on any atom is 0.258 e. The summed E-state index contributed by atoms with van der Waals surface area (Å²) < 4.78 is 0. The maximum absolute atomic E-state index is 13.0. The molecule has 1 aromatic heterocycles. The lowest BCUT2D eigenvalue weighted by Crippen LogP contribution is -2.38. The fraction of sp³-hybridized carbons (Fsp3) is 0.400. The van der Waals surface area contributed by atoms with Gasteiger partial charge in [0.25, 0.3) is 5.56 Å². The van der Waals surface area contributed by atoms with E-state index in [1.165, 1.54) is 0 Å². The van der Waals surface area contributed by atoms with Gasteiger partial charge in [-0.3, -0.25) is 19.4 Å². The van der Waals surface area contributed by atoms with E-state index in [0.29, 0.717) is 16.7 Å². The third kappa shape index (κ3) is 3.98. The van der Waals surface area contributed by atoms with Crippen LogP contribution in [0.1, 0.15) is 42.7 Å². The molecule has 0 unspecified atom stereocenters. The van der Waals surface area contributed by atoms with Crippen molar-refractivity contribution in [1.82, 2.24) is 9.97 Å². The van der Waals surface area contributed by atoms with Crippen molar-refractivity contribution in [1.29, 1.82) is 0 Å². The van der Waals surface area contributed by atoms with Crippen LogP contribution in [0, 0.1) is 6.92 Å². The number of nitrogens with zero attached hydrogens (tertiary/aromatic N) is 2. The molecular weight excluding hydrogens is 394 g/mol. The number of amides is 2. The Hall–Kier alpha value is -2.87. The Balaban J connectivity index is 1.66. The minimum Gasteiger partial charge on any atom is -0.342 e. The van der Waals surface area contributed by atoms with E-state index < -0.39 is 17.4 Å². The number of benzene rings is 1. The number of hydrogen-bond donors (Lipinski definition) is 3. The Morgan fingerprint density at radius 3 is 2.76 bits per heavy atom. The van der Waals surface area contributed by atoms with E-state index in [9.17, 15) is 14.4 Å². The van der Waals surface area contributed by atoms with Gasteiger partial charge in [0.2, 0.25) is 17.8 Å². The fourth-order valence-corrected chi connectivity index (χ4v) is 3.96. The van der Waals surface area contributed by atoms with E-state index in [2.05, 4.69) is 20.6 Å². The first-order valence-corrected chi connectivity index (χ1v) is 10.1. The number of aromatic amines is 1. The van der Waals surface area contributed by atoms with Crippen molar-refractivity contribution in [3.05, 3.63) is 44.7 Å². The Labute approximate surface area is 172 Å². The summed E-state index contributed by atoms with van der Waals surface area (Å²) in [5, 5.41) is 5.93. The highest BCUT2D eigenvalue weighted by atomic mass is 35.5. The van der Waals surface area contributed by atoms with Crippen LogP contribution in [-0.4, -0.2) is 34.9 Å². The number of anilines is 3. The van der Waals surface area contributed by atoms with E-state index >= 15 is 0 Å². The van der Waals surface area contributed by atoms with Crippen molar-refractivity contribution < 1.29 is 9.59 Å². The Morgan fingerprint density at radius 1 is 1.24 bits per heavy atom. The number of carbonyl (C=O) groups is 2. The van der Waals surface area contributed by atoms with Crippen LogP contribution in [0.15, 0.2) is 23.0 Å². The second-order valence-corrected chi connectivity index (χ2v) is 7.89. The van der Waals surface area contributed by atoms with Crippen molar-refractivity contribution in [2.24, 2.45) is 0 Å². The number of fused-ring (bicyclic) bond motifs is 1. The van der Waals surface area contributed by atoms with Gasteiger partial charge in [-0.2, -0.15) is 4.98 Å². The van der Waals surface area contributed by atoms with Gasteiger partial charge in [-0.25, -0.2) is 0 Å². The summed E-state index contributed by atoms with van der Waals surface area (Å²) in [6.45, 7) is 3.44. The lowest BCUT2D eigenvalue weighted by molar-refractivity contribution is -0.123. The van der Waals surface area contributed by atoms with E-state index in [1.54, 1.807) is 18.2 Å².